The van der Waals surface area contributed by atoms with Crippen molar-refractivity contribution < 1.29 is 0 Å². The maximum absolute atomic E-state index is 3.46. The molecule has 0 saturated carbocycles. The molecule has 1 N–H and O–H groups in total. The molecule has 1 unspecified atom stereocenters. The minimum atomic E-state index is 0.791. The fourth-order valence-corrected chi connectivity index (χ4v) is 3.06. The van der Waals surface area contributed by atoms with Crippen molar-refractivity contribution in [2.75, 3.05) is 31.1 Å². The van der Waals surface area contributed by atoms with E-state index in [0.29, 0.717) is 0 Å². The number of nitrogens with zero attached hydrogens (tertiary/aromatic N) is 1. The van der Waals surface area contributed by atoms with E-state index in [4.69, 9.17) is 0 Å². The Balaban J connectivity index is 1.91. The predicted molar refractivity (Wildman–Crippen MR) is 82.8 cm³/mol. The Morgan fingerprint density at radius 2 is 2.00 bits per heavy atom. The molecule has 2 aromatic rings. The maximum Gasteiger partial charge on any atom is 0.0445 e. The normalized spacial score (nSPS) is 18.9. The van der Waals surface area contributed by atoms with E-state index in [9.17, 15) is 0 Å². The van der Waals surface area contributed by atoms with Gasteiger partial charge in [-0.25, -0.2) is 0 Å². The third kappa shape index (κ3) is 2.59. The minimum Gasteiger partial charge on any atom is -0.371 e. The predicted octanol–water partition coefficient (Wildman–Crippen LogP) is 3.28. The van der Waals surface area contributed by atoms with E-state index >= 15 is 0 Å². The maximum atomic E-state index is 3.46. The molecule has 1 fully saturated rings. The van der Waals surface area contributed by atoms with Crippen molar-refractivity contribution in [3.63, 3.8) is 0 Å². The SMILES string of the molecule is CCN(CC1CCNC1)c1cccc2ccccc12. The Labute approximate surface area is 115 Å². The second-order valence-corrected chi connectivity index (χ2v) is 5.40. The molecule has 0 radical (unpaired) electrons. The number of anilines is 1. The first-order chi connectivity index (χ1) is 9.38. The van der Waals surface area contributed by atoms with Gasteiger partial charge in [-0.15, -0.1) is 0 Å². The average molecular weight is 254 g/mol. The largest absolute Gasteiger partial charge is 0.371 e. The van der Waals surface area contributed by atoms with Crippen molar-refractivity contribution in [2.45, 2.75) is 13.3 Å². The molecular formula is C17H22N2. The van der Waals surface area contributed by atoms with Crippen molar-refractivity contribution in [3.8, 4) is 0 Å². The van der Waals surface area contributed by atoms with E-state index in [-0.39, 0.29) is 0 Å². The Morgan fingerprint density at radius 3 is 2.79 bits per heavy atom. The molecule has 2 heteroatoms. The molecule has 1 aliphatic rings. The van der Waals surface area contributed by atoms with Gasteiger partial charge in [0.05, 0.1) is 0 Å². The van der Waals surface area contributed by atoms with Gasteiger partial charge in [0, 0.05) is 24.2 Å². The van der Waals surface area contributed by atoms with Gasteiger partial charge in [0.25, 0.3) is 0 Å². The van der Waals surface area contributed by atoms with E-state index < -0.39 is 0 Å². The summed E-state index contributed by atoms with van der Waals surface area (Å²) in [4.78, 5) is 2.53. The highest BCUT2D eigenvalue weighted by Crippen LogP contribution is 2.27. The second-order valence-electron chi connectivity index (χ2n) is 5.40. The zero-order valence-electron chi connectivity index (χ0n) is 11.6. The van der Waals surface area contributed by atoms with Crippen LogP contribution in [0.3, 0.4) is 0 Å². The molecule has 1 atom stereocenters. The summed E-state index contributed by atoms with van der Waals surface area (Å²) in [5.41, 5.74) is 1.38. The first kappa shape index (κ1) is 12.5. The molecule has 0 amide bonds. The van der Waals surface area contributed by atoms with E-state index in [2.05, 4.69) is 59.6 Å². The van der Waals surface area contributed by atoms with Crippen LogP contribution in [0.25, 0.3) is 10.8 Å². The second kappa shape index (κ2) is 5.62. The molecule has 1 saturated heterocycles. The average Bonchev–Trinajstić information content (AvgIpc) is 2.97. The Bertz CT molecular complexity index is 538. The van der Waals surface area contributed by atoms with Crippen LogP contribution >= 0.6 is 0 Å². The van der Waals surface area contributed by atoms with Crippen LogP contribution in [0.1, 0.15) is 13.3 Å². The van der Waals surface area contributed by atoms with Crippen LogP contribution in [0.15, 0.2) is 42.5 Å². The topological polar surface area (TPSA) is 15.3 Å². The van der Waals surface area contributed by atoms with Gasteiger partial charge < -0.3 is 10.2 Å². The number of nitrogens with one attached hydrogen (secondary N) is 1. The lowest BCUT2D eigenvalue weighted by Gasteiger charge is -2.27. The monoisotopic (exact) mass is 254 g/mol. The Morgan fingerprint density at radius 1 is 1.16 bits per heavy atom. The summed E-state index contributed by atoms with van der Waals surface area (Å²) in [7, 11) is 0. The first-order valence-electron chi connectivity index (χ1n) is 7.32. The molecule has 0 bridgehead atoms. The molecule has 1 aliphatic heterocycles. The van der Waals surface area contributed by atoms with Crippen LogP contribution in [0.5, 0.6) is 0 Å². The third-order valence-corrected chi connectivity index (χ3v) is 4.13. The summed E-state index contributed by atoms with van der Waals surface area (Å²) in [6, 6.07) is 15.3. The van der Waals surface area contributed by atoms with E-state index in [0.717, 1.165) is 19.0 Å². The van der Waals surface area contributed by atoms with Gasteiger partial charge in [-0.1, -0.05) is 36.4 Å². The summed E-state index contributed by atoms with van der Waals surface area (Å²) >= 11 is 0. The highest BCUT2D eigenvalue weighted by atomic mass is 15.1. The fraction of sp³-hybridized carbons (Fsp3) is 0.412. The highest BCUT2D eigenvalue weighted by molar-refractivity contribution is 5.94. The van der Waals surface area contributed by atoms with Crippen molar-refractivity contribution in [3.05, 3.63) is 42.5 Å². The van der Waals surface area contributed by atoms with Crippen molar-refractivity contribution >= 4 is 16.5 Å². The molecule has 1 heterocycles. The standard InChI is InChI=1S/C17H22N2/c1-2-19(13-14-10-11-18-12-14)17-9-5-7-15-6-3-4-8-16(15)17/h3-9,14,18H,2,10-13H2,1H3. The first-order valence-corrected chi connectivity index (χ1v) is 7.32. The van der Waals surface area contributed by atoms with Gasteiger partial charge in [0.2, 0.25) is 0 Å². The molecule has 100 valence electrons. The van der Waals surface area contributed by atoms with Crippen molar-refractivity contribution in [1.29, 1.82) is 0 Å². The van der Waals surface area contributed by atoms with Gasteiger partial charge in [0.1, 0.15) is 0 Å². The fourth-order valence-electron chi connectivity index (χ4n) is 3.06. The lowest BCUT2D eigenvalue weighted by atomic mass is 10.1. The zero-order valence-corrected chi connectivity index (χ0v) is 11.6. The van der Waals surface area contributed by atoms with Crippen molar-refractivity contribution in [2.24, 2.45) is 5.92 Å². The van der Waals surface area contributed by atoms with Gasteiger partial charge in [0.15, 0.2) is 0 Å². The van der Waals surface area contributed by atoms with Crippen LogP contribution in [-0.2, 0) is 0 Å². The number of benzene rings is 2. The van der Waals surface area contributed by atoms with Crippen molar-refractivity contribution in [1.82, 2.24) is 5.32 Å². The van der Waals surface area contributed by atoms with E-state index in [1.807, 2.05) is 0 Å². The number of hydrogen-bond donors (Lipinski definition) is 1. The highest BCUT2D eigenvalue weighted by Gasteiger charge is 2.18. The van der Waals surface area contributed by atoms with E-state index in [1.165, 1.54) is 36.0 Å². The Kier molecular flexibility index (Phi) is 3.69. The Hall–Kier alpha value is -1.54. The summed E-state index contributed by atoms with van der Waals surface area (Å²) < 4.78 is 0. The van der Waals surface area contributed by atoms with Crippen LogP contribution in [0.4, 0.5) is 5.69 Å². The molecule has 19 heavy (non-hydrogen) atoms. The van der Waals surface area contributed by atoms with Gasteiger partial charge in [-0.3, -0.25) is 0 Å². The molecule has 2 aromatic carbocycles. The molecule has 3 rings (SSSR count). The van der Waals surface area contributed by atoms with Crippen LogP contribution in [0.2, 0.25) is 0 Å². The zero-order chi connectivity index (χ0) is 13.1. The van der Waals surface area contributed by atoms with Gasteiger partial charge >= 0.3 is 0 Å². The van der Waals surface area contributed by atoms with E-state index in [1.54, 1.807) is 0 Å². The number of fused-ring (bicyclic) bond motifs is 1. The lowest BCUT2D eigenvalue weighted by Crippen LogP contribution is -2.30. The van der Waals surface area contributed by atoms with Crippen LogP contribution in [0, 0.1) is 5.92 Å². The van der Waals surface area contributed by atoms with Crippen LogP contribution < -0.4 is 10.2 Å². The molecule has 2 nitrogen and oxygen atoms in total. The quantitative estimate of drug-likeness (QED) is 0.901. The molecule has 0 aromatic heterocycles. The van der Waals surface area contributed by atoms with Gasteiger partial charge in [-0.2, -0.15) is 0 Å². The molecule has 0 spiro atoms. The smallest absolute Gasteiger partial charge is 0.0445 e. The third-order valence-electron chi connectivity index (χ3n) is 4.13. The number of hydrogen-bond acceptors (Lipinski definition) is 2. The van der Waals surface area contributed by atoms with Gasteiger partial charge in [-0.05, 0) is 43.8 Å². The summed E-state index contributed by atoms with van der Waals surface area (Å²) in [6.07, 6.45) is 1.31. The summed E-state index contributed by atoms with van der Waals surface area (Å²) in [6.45, 7) is 6.84. The van der Waals surface area contributed by atoms with Crippen LogP contribution in [-0.4, -0.2) is 26.2 Å². The molecule has 0 aliphatic carbocycles. The summed E-state index contributed by atoms with van der Waals surface area (Å²) in [5.74, 6) is 0.791. The lowest BCUT2D eigenvalue weighted by molar-refractivity contribution is 0.566. The minimum absolute atomic E-state index is 0.791. The molecular weight excluding hydrogens is 232 g/mol. The summed E-state index contributed by atoms with van der Waals surface area (Å²) in [5, 5.41) is 6.17. The number of rotatable bonds is 4.